The van der Waals surface area contributed by atoms with Crippen LogP contribution in [0.1, 0.15) is 17.8 Å². The first-order valence-corrected chi connectivity index (χ1v) is 9.55. The molecule has 6 nitrogen and oxygen atoms in total. The number of halogens is 3. The highest BCUT2D eigenvalue weighted by molar-refractivity contribution is 7.89. The number of pyridine rings is 1. The molecule has 10 heteroatoms. The van der Waals surface area contributed by atoms with E-state index in [1.807, 2.05) is 6.07 Å². The van der Waals surface area contributed by atoms with E-state index in [2.05, 4.69) is 9.72 Å². The molecular weight excluding hydrogens is 395 g/mol. The Balaban J connectivity index is 1.75. The van der Waals surface area contributed by atoms with Gasteiger partial charge in [0.2, 0.25) is 10.0 Å². The summed E-state index contributed by atoms with van der Waals surface area (Å²) in [5.41, 5.74) is 1.72. The number of hydrogen-bond donors (Lipinski definition) is 0. The first-order chi connectivity index (χ1) is 13.2. The van der Waals surface area contributed by atoms with Crippen molar-refractivity contribution < 1.29 is 26.3 Å². The monoisotopic (exact) mass is 409 g/mol. The number of nitrogens with zero attached hydrogens (tertiary/aromatic N) is 3. The van der Waals surface area contributed by atoms with Crippen molar-refractivity contribution in [2.75, 3.05) is 13.1 Å². The predicted octanol–water partition coefficient (Wildman–Crippen LogP) is 3.33. The largest absolute Gasteiger partial charge is 0.573 e. The second-order valence-corrected chi connectivity index (χ2v) is 7.82. The third kappa shape index (κ3) is 4.49. The van der Waals surface area contributed by atoms with Crippen LogP contribution >= 0.6 is 0 Å². The average molecular weight is 409 g/mol. The fraction of sp³-hybridized carbons (Fsp3) is 0.222. The van der Waals surface area contributed by atoms with Crippen molar-refractivity contribution in [2.45, 2.75) is 17.7 Å². The van der Waals surface area contributed by atoms with Gasteiger partial charge in [-0.25, -0.2) is 13.4 Å². The van der Waals surface area contributed by atoms with Crippen LogP contribution in [0.2, 0.25) is 0 Å². The molecule has 2 heterocycles. The molecule has 0 amide bonds. The SMILES string of the molecule is N#Cc1cccc(C2=CCN(S(=O)(=O)c3ccc(OC(F)(F)F)cc3)CC2)n1. The highest BCUT2D eigenvalue weighted by Gasteiger charge is 2.32. The standard InChI is InChI=1S/C18H14F3N3O3S/c19-18(20,21)27-15-4-6-16(7-5-15)28(25,26)24-10-8-13(9-11-24)17-3-1-2-14(12-22)23-17/h1-8H,9-11H2. The molecular formula is C18H14F3N3O3S. The van der Waals surface area contributed by atoms with Gasteiger partial charge in [-0.3, -0.25) is 0 Å². The third-order valence-electron chi connectivity index (χ3n) is 4.06. The van der Waals surface area contributed by atoms with Crippen molar-refractivity contribution in [2.24, 2.45) is 0 Å². The van der Waals surface area contributed by atoms with Gasteiger partial charge in [0.1, 0.15) is 17.5 Å². The van der Waals surface area contributed by atoms with E-state index < -0.39 is 22.1 Å². The van der Waals surface area contributed by atoms with E-state index in [9.17, 15) is 21.6 Å². The molecule has 1 aromatic heterocycles. The molecule has 3 rings (SSSR count). The number of aromatic nitrogens is 1. The minimum Gasteiger partial charge on any atom is -0.406 e. The highest BCUT2D eigenvalue weighted by Crippen LogP contribution is 2.28. The van der Waals surface area contributed by atoms with E-state index in [1.165, 1.54) is 4.31 Å². The Bertz CT molecular complexity index is 1040. The van der Waals surface area contributed by atoms with Gasteiger partial charge in [0, 0.05) is 13.1 Å². The molecule has 0 saturated carbocycles. The Morgan fingerprint density at radius 2 is 1.86 bits per heavy atom. The molecule has 146 valence electrons. The lowest BCUT2D eigenvalue weighted by atomic mass is 10.1. The van der Waals surface area contributed by atoms with Gasteiger partial charge in [0.05, 0.1) is 10.6 Å². The van der Waals surface area contributed by atoms with Gasteiger partial charge in [-0.05, 0) is 48.4 Å². The third-order valence-corrected chi connectivity index (χ3v) is 5.94. The minimum absolute atomic E-state index is 0.0942. The Labute approximate surface area is 159 Å². The van der Waals surface area contributed by atoms with Gasteiger partial charge in [-0.15, -0.1) is 13.2 Å². The summed E-state index contributed by atoms with van der Waals surface area (Å²) in [5.74, 6) is -0.490. The molecule has 0 bridgehead atoms. The fourth-order valence-corrected chi connectivity index (χ4v) is 4.12. The summed E-state index contributed by atoms with van der Waals surface area (Å²) in [6, 6.07) is 11.1. The average Bonchev–Trinajstić information content (AvgIpc) is 2.67. The first-order valence-electron chi connectivity index (χ1n) is 8.11. The summed E-state index contributed by atoms with van der Waals surface area (Å²) in [6.45, 7) is 0.282. The van der Waals surface area contributed by atoms with Crippen molar-refractivity contribution in [3.8, 4) is 11.8 Å². The second kappa shape index (κ2) is 7.61. The molecule has 0 atom stereocenters. The maximum absolute atomic E-state index is 12.7. The minimum atomic E-state index is -4.84. The number of ether oxygens (including phenoxy) is 1. The lowest BCUT2D eigenvalue weighted by Gasteiger charge is -2.25. The zero-order valence-electron chi connectivity index (χ0n) is 14.3. The van der Waals surface area contributed by atoms with E-state index >= 15 is 0 Å². The maximum Gasteiger partial charge on any atom is 0.573 e. The van der Waals surface area contributed by atoms with E-state index in [1.54, 1.807) is 24.3 Å². The molecule has 28 heavy (non-hydrogen) atoms. The molecule has 1 aliphatic heterocycles. The van der Waals surface area contributed by atoms with E-state index in [4.69, 9.17) is 5.26 Å². The Kier molecular flexibility index (Phi) is 5.40. The van der Waals surface area contributed by atoms with Gasteiger partial charge < -0.3 is 4.74 Å². The summed E-state index contributed by atoms with van der Waals surface area (Å²) >= 11 is 0. The van der Waals surface area contributed by atoms with Crippen molar-refractivity contribution >= 4 is 15.6 Å². The number of rotatable bonds is 4. The molecule has 0 radical (unpaired) electrons. The summed E-state index contributed by atoms with van der Waals surface area (Å²) in [7, 11) is -3.86. The van der Waals surface area contributed by atoms with Crippen LogP contribution in [0.15, 0.2) is 53.4 Å². The van der Waals surface area contributed by atoms with E-state index in [-0.39, 0.29) is 23.7 Å². The number of benzene rings is 1. The number of hydrogen-bond acceptors (Lipinski definition) is 5. The van der Waals surface area contributed by atoms with Crippen molar-refractivity contribution in [3.05, 3.63) is 59.9 Å². The van der Waals surface area contributed by atoms with Crippen LogP contribution in [0.4, 0.5) is 13.2 Å². The Morgan fingerprint density at radius 1 is 1.14 bits per heavy atom. The van der Waals surface area contributed by atoms with Crippen molar-refractivity contribution in [1.29, 1.82) is 5.26 Å². The zero-order valence-corrected chi connectivity index (χ0v) is 15.2. The van der Waals surface area contributed by atoms with Crippen LogP contribution in [0.25, 0.3) is 5.57 Å². The maximum atomic E-state index is 12.7. The summed E-state index contributed by atoms with van der Waals surface area (Å²) in [6.07, 6.45) is -2.73. The second-order valence-electron chi connectivity index (χ2n) is 5.88. The number of nitriles is 1. The normalized spacial score (nSPS) is 15.6. The summed E-state index contributed by atoms with van der Waals surface area (Å²) < 4.78 is 67.0. The van der Waals surface area contributed by atoms with Gasteiger partial charge in [-0.1, -0.05) is 12.1 Å². The molecule has 2 aromatic rings. The number of sulfonamides is 1. The Morgan fingerprint density at radius 3 is 2.43 bits per heavy atom. The molecule has 0 N–H and O–H groups in total. The summed E-state index contributed by atoms with van der Waals surface area (Å²) in [4.78, 5) is 4.07. The molecule has 0 unspecified atom stereocenters. The molecule has 0 aliphatic carbocycles. The fourth-order valence-electron chi connectivity index (χ4n) is 2.74. The van der Waals surface area contributed by atoms with Crippen molar-refractivity contribution in [1.82, 2.24) is 9.29 Å². The van der Waals surface area contributed by atoms with Crippen LogP contribution < -0.4 is 4.74 Å². The van der Waals surface area contributed by atoms with E-state index in [0.29, 0.717) is 12.1 Å². The Hall–Kier alpha value is -2.90. The predicted molar refractivity (Wildman–Crippen MR) is 93.4 cm³/mol. The summed E-state index contributed by atoms with van der Waals surface area (Å²) in [5, 5.41) is 8.93. The van der Waals surface area contributed by atoms with Gasteiger partial charge in [-0.2, -0.15) is 9.57 Å². The van der Waals surface area contributed by atoms with Crippen LogP contribution in [0.3, 0.4) is 0 Å². The molecule has 1 aromatic carbocycles. The molecule has 0 fully saturated rings. The van der Waals surface area contributed by atoms with Crippen LogP contribution in [-0.4, -0.2) is 37.2 Å². The van der Waals surface area contributed by atoms with Gasteiger partial charge in [0.25, 0.3) is 0 Å². The zero-order chi connectivity index (χ0) is 20.4. The van der Waals surface area contributed by atoms with E-state index in [0.717, 1.165) is 29.8 Å². The van der Waals surface area contributed by atoms with Crippen LogP contribution in [0, 0.1) is 11.3 Å². The molecule has 1 aliphatic rings. The number of alkyl halides is 3. The molecule has 0 saturated heterocycles. The first kappa shape index (κ1) is 19.9. The molecule has 0 spiro atoms. The topological polar surface area (TPSA) is 83.3 Å². The van der Waals surface area contributed by atoms with Gasteiger partial charge >= 0.3 is 6.36 Å². The smallest absolute Gasteiger partial charge is 0.406 e. The van der Waals surface area contributed by atoms with Crippen LogP contribution in [0.5, 0.6) is 5.75 Å². The highest BCUT2D eigenvalue weighted by atomic mass is 32.2. The lowest BCUT2D eigenvalue weighted by Crippen LogP contribution is -2.34. The van der Waals surface area contributed by atoms with Gasteiger partial charge in [0.15, 0.2) is 0 Å². The quantitative estimate of drug-likeness (QED) is 0.774. The van der Waals surface area contributed by atoms with Crippen LogP contribution in [-0.2, 0) is 10.0 Å². The lowest BCUT2D eigenvalue weighted by molar-refractivity contribution is -0.274. The van der Waals surface area contributed by atoms with Crippen molar-refractivity contribution in [3.63, 3.8) is 0 Å².